The van der Waals surface area contributed by atoms with Crippen molar-refractivity contribution in [2.45, 2.75) is 19.5 Å². The fourth-order valence-electron chi connectivity index (χ4n) is 4.87. The number of pyridine rings is 1. The molecule has 0 aliphatic carbocycles. The van der Waals surface area contributed by atoms with Gasteiger partial charge in [0.2, 0.25) is 0 Å². The van der Waals surface area contributed by atoms with Gasteiger partial charge in [-0.15, -0.1) is 0 Å². The number of amidine groups is 1. The molecule has 1 amide bonds. The quantitative estimate of drug-likeness (QED) is 0.202. The van der Waals surface area contributed by atoms with E-state index in [0.29, 0.717) is 17.4 Å². The Balaban J connectivity index is 1.25. The lowest BCUT2D eigenvalue weighted by Gasteiger charge is -2.43. The number of aliphatic imine (C=N–C) groups is 1. The number of rotatable bonds is 8. The van der Waals surface area contributed by atoms with E-state index < -0.39 is 0 Å². The van der Waals surface area contributed by atoms with Crippen molar-refractivity contribution in [3.05, 3.63) is 66.8 Å². The van der Waals surface area contributed by atoms with Gasteiger partial charge in [-0.05, 0) is 50.2 Å². The lowest BCUT2D eigenvalue weighted by molar-refractivity contribution is -0.112. The number of aromatic nitrogens is 3. The highest BCUT2D eigenvalue weighted by molar-refractivity contribution is 6.05. The zero-order valence-electron chi connectivity index (χ0n) is 23.8. The first-order chi connectivity index (χ1) is 19.3. The molecule has 2 aliphatic rings. The summed E-state index contributed by atoms with van der Waals surface area (Å²) in [7, 11) is 6.16. The average Bonchev–Trinajstić information content (AvgIpc) is 3.27. The molecule has 0 atom stereocenters. The van der Waals surface area contributed by atoms with Crippen molar-refractivity contribution in [1.82, 2.24) is 29.5 Å². The molecular formula is C30H38N8O2. The minimum absolute atomic E-state index is 0.310. The van der Waals surface area contributed by atoms with Crippen LogP contribution in [0.5, 0.6) is 0 Å². The van der Waals surface area contributed by atoms with E-state index in [1.165, 1.54) is 0 Å². The molecule has 0 spiro atoms. The number of anilines is 1. The van der Waals surface area contributed by atoms with Crippen LogP contribution < -0.4 is 5.32 Å². The predicted octanol–water partition coefficient (Wildman–Crippen LogP) is 3.14. The maximum atomic E-state index is 12.8. The summed E-state index contributed by atoms with van der Waals surface area (Å²) in [5, 5.41) is 9.38. The number of ether oxygens (including phenoxy) is 1. The van der Waals surface area contributed by atoms with Crippen molar-refractivity contribution in [2.75, 3.05) is 58.8 Å². The molecule has 210 valence electrons. The summed E-state index contributed by atoms with van der Waals surface area (Å²) in [6.07, 6.45) is 6.94. The number of benzene rings is 1. The lowest BCUT2D eigenvalue weighted by atomic mass is 10.0. The van der Waals surface area contributed by atoms with Gasteiger partial charge in [0, 0.05) is 74.7 Å². The second-order valence-corrected chi connectivity index (χ2v) is 10.6. The molecule has 40 heavy (non-hydrogen) atoms. The highest BCUT2D eigenvalue weighted by Crippen LogP contribution is 2.29. The van der Waals surface area contributed by atoms with Crippen LogP contribution in [0.3, 0.4) is 0 Å². The molecule has 1 N–H and O–H groups in total. The Morgan fingerprint density at radius 2 is 1.98 bits per heavy atom. The molecule has 3 aromatic rings. The predicted molar refractivity (Wildman–Crippen MR) is 159 cm³/mol. The second kappa shape index (κ2) is 12.1. The maximum absolute atomic E-state index is 12.8. The highest BCUT2D eigenvalue weighted by Gasteiger charge is 2.28. The average molecular weight is 543 g/mol. The Morgan fingerprint density at radius 1 is 1.20 bits per heavy atom. The monoisotopic (exact) mass is 542 g/mol. The smallest absolute Gasteiger partial charge is 0.256 e. The third kappa shape index (κ3) is 6.30. The number of likely N-dealkylation sites (tertiary alicyclic amines) is 1. The molecule has 4 heterocycles. The van der Waals surface area contributed by atoms with Gasteiger partial charge in [0.05, 0.1) is 25.1 Å². The van der Waals surface area contributed by atoms with Gasteiger partial charge in [-0.25, -0.2) is 9.98 Å². The van der Waals surface area contributed by atoms with Crippen LogP contribution in [0.15, 0.2) is 66.1 Å². The molecule has 0 bridgehead atoms. The topological polar surface area (TPSA) is 91.1 Å². The molecule has 2 fully saturated rings. The van der Waals surface area contributed by atoms with Gasteiger partial charge in [0.25, 0.3) is 5.91 Å². The van der Waals surface area contributed by atoms with Crippen LogP contribution in [0, 0.1) is 0 Å². The Labute approximate surface area is 235 Å². The minimum atomic E-state index is -0.316. The number of amides is 1. The summed E-state index contributed by atoms with van der Waals surface area (Å²) in [6.45, 7) is 12.0. The first-order valence-electron chi connectivity index (χ1n) is 13.6. The van der Waals surface area contributed by atoms with Gasteiger partial charge in [-0.1, -0.05) is 18.7 Å². The van der Waals surface area contributed by atoms with E-state index in [1.807, 2.05) is 30.9 Å². The van der Waals surface area contributed by atoms with E-state index in [0.717, 1.165) is 79.4 Å². The fourth-order valence-corrected chi connectivity index (χ4v) is 4.87. The van der Waals surface area contributed by atoms with Gasteiger partial charge >= 0.3 is 0 Å². The Hall–Kier alpha value is -3.86. The van der Waals surface area contributed by atoms with Crippen molar-refractivity contribution < 1.29 is 9.53 Å². The van der Waals surface area contributed by atoms with Crippen molar-refractivity contribution in [3.8, 4) is 11.1 Å². The van der Waals surface area contributed by atoms with Crippen molar-refractivity contribution in [2.24, 2.45) is 12.0 Å². The number of nitrogens with one attached hydrogen (secondary N) is 1. The lowest BCUT2D eigenvalue weighted by Crippen LogP contribution is -2.58. The summed E-state index contributed by atoms with van der Waals surface area (Å²) >= 11 is 0. The van der Waals surface area contributed by atoms with E-state index in [1.54, 1.807) is 18.5 Å². The molecule has 5 rings (SSSR count). The molecule has 0 radical (unpaired) electrons. The van der Waals surface area contributed by atoms with E-state index >= 15 is 0 Å². The van der Waals surface area contributed by atoms with Crippen LogP contribution in [-0.2, 0) is 23.1 Å². The summed E-state index contributed by atoms with van der Waals surface area (Å²) < 4.78 is 7.45. The summed E-state index contributed by atoms with van der Waals surface area (Å²) in [5.41, 5.74) is 3.65. The SMILES string of the molecule is C=C(/C=C\N=C(C)N1CC(N(C)C)C1)C(=O)Nc1cc2cc(-c3cnn(C)c3CN3CCOCC3)ccc2cn1. The Kier molecular flexibility index (Phi) is 8.39. The summed E-state index contributed by atoms with van der Waals surface area (Å²) in [5.74, 6) is 1.08. The summed E-state index contributed by atoms with van der Waals surface area (Å²) in [6, 6.07) is 8.71. The first kappa shape index (κ1) is 27.7. The molecule has 2 aliphatic heterocycles. The Morgan fingerprint density at radius 3 is 2.73 bits per heavy atom. The number of hydrogen-bond acceptors (Lipinski definition) is 7. The van der Waals surface area contributed by atoms with Crippen LogP contribution in [0.2, 0.25) is 0 Å². The number of hydrogen-bond donors (Lipinski definition) is 1. The number of fused-ring (bicyclic) bond motifs is 1. The fraction of sp³-hybridized carbons (Fsp3) is 0.400. The van der Waals surface area contributed by atoms with Gasteiger partial charge < -0.3 is 19.9 Å². The van der Waals surface area contributed by atoms with E-state index in [9.17, 15) is 4.79 Å². The van der Waals surface area contributed by atoms with Crippen LogP contribution in [0.1, 0.15) is 12.6 Å². The number of aryl methyl sites for hydroxylation is 1. The van der Waals surface area contributed by atoms with Crippen molar-refractivity contribution in [1.29, 1.82) is 0 Å². The molecule has 2 saturated heterocycles. The molecule has 1 aromatic carbocycles. The number of carbonyl (C=O) groups is 1. The van der Waals surface area contributed by atoms with Crippen LogP contribution >= 0.6 is 0 Å². The standard InChI is InChI=1S/C30H38N8O2/c1-21(8-9-31-22(2)38-18-26(19-38)35(3)4)30(39)34-29-15-25-14-23(6-7-24(25)16-32-29)27-17-33-36(5)28(27)20-37-10-12-40-13-11-37/h6-9,14-17,26H,1,10-13,18-20H2,2-5H3,(H,32,34,39)/b9-8-,31-22?. The molecule has 2 aromatic heterocycles. The highest BCUT2D eigenvalue weighted by atomic mass is 16.5. The van der Waals surface area contributed by atoms with Gasteiger partial charge in [0.15, 0.2) is 0 Å². The number of carbonyl (C=O) groups excluding carboxylic acids is 1. The van der Waals surface area contributed by atoms with Crippen molar-refractivity contribution in [3.63, 3.8) is 0 Å². The number of morpholine rings is 1. The van der Waals surface area contributed by atoms with E-state index in [-0.39, 0.29) is 5.91 Å². The van der Waals surface area contributed by atoms with Crippen molar-refractivity contribution >= 4 is 28.3 Å². The normalized spacial score (nSPS) is 17.1. The van der Waals surface area contributed by atoms with E-state index in [4.69, 9.17) is 4.74 Å². The minimum Gasteiger partial charge on any atom is -0.379 e. The maximum Gasteiger partial charge on any atom is 0.256 e. The number of nitrogens with zero attached hydrogens (tertiary/aromatic N) is 7. The van der Waals surface area contributed by atoms with Crippen LogP contribution in [-0.4, -0.2) is 101 Å². The largest absolute Gasteiger partial charge is 0.379 e. The van der Waals surface area contributed by atoms with Gasteiger partial charge in [-0.2, -0.15) is 5.10 Å². The second-order valence-electron chi connectivity index (χ2n) is 10.6. The third-order valence-corrected chi connectivity index (χ3v) is 7.69. The summed E-state index contributed by atoms with van der Waals surface area (Å²) in [4.78, 5) is 28.5. The Bertz CT molecular complexity index is 1450. The number of likely N-dealkylation sites (N-methyl/N-ethyl adjacent to an activating group) is 1. The first-order valence-corrected chi connectivity index (χ1v) is 13.6. The molecule has 10 nitrogen and oxygen atoms in total. The van der Waals surface area contributed by atoms with Gasteiger partial charge in [-0.3, -0.25) is 14.4 Å². The molecular weight excluding hydrogens is 504 g/mol. The zero-order chi connectivity index (χ0) is 28.2. The zero-order valence-corrected chi connectivity index (χ0v) is 23.8. The van der Waals surface area contributed by atoms with Crippen LogP contribution in [0.25, 0.3) is 21.9 Å². The van der Waals surface area contributed by atoms with Crippen LogP contribution in [0.4, 0.5) is 5.82 Å². The third-order valence-electron chi connectivity index (χ3n) is 7.69. The molecule has 0 unspecified atom stereocenters. The molecule has 10 heteroatoms. The van der Waals surface area contributed by atoms with Gasteiger partial charge in [0.1, 0.15) is 11.7 Å². The van der Waals surface area contributed by atoms with E-state index in [2.05, 4.69) is 74.0 Å². The molecule has 0 saturated carbocycles.